The van der Waals surface area contributed by atoms with Crippen LogP contribution in [0.25, 0.3) is 11.0 Å². The average Bonchev–Trinajstić information content (AvgIpc) is 2.27. The molecule has 1 heterocycles. The number of fused-ring (bicyclic) bond motifs is 1. The molecule has 5 heteroatoms. The zero-order valence-corrected chi connectivity index (χ0v) is 8.40. The predicted molar refractivity (Wildman–Crippen MR) is 55.5 cm³/mol. The lowest BCUT2D eigenvalue weighted by atomic mass is 10.3. The monoisotopic (exact) mass is 206 g/mol. The van der Waals surface area contributed by atoms with Crippen molar-refractivity contribution < 1.29 is 9.47 Å². The number of hydrogen-bond donors (Lipinski definition) is 1. The molecule has 1 N–H and O–H groups in total. The maximum absolute atomic E-state index is 11.4. The Morgan fingerprint density at radius 3 is 2.73 bits per heavy atom. The van der Waals surface area contributed by atoms with Crippen LogP contribution in [0.2, 0.25) is 0 Å². The fourth-order valence-corrected chi connectivity index (χ4v) is 1.31. The lowest BCUT2D eigenvalue weighted by molar-refractivity contribution is 0.392. The van der Waals surface area contributed by atoms with Crippen molar-refractivity contribution >= 4 is 11.0 Å². The molecular formula is C10H10N2O3. The van der Waals surface area contributed by atoms with Gasteiger partial charge < -0.3 is 14.5 Å². The van der Waals surface area contributed by atoms with E-state index < -0.39 is 0 Å². The molecule has 0 atom stereocenters. The van der Waals surface area contributed by atoms with Crippen molar-refractivity contribution in [3.05, 3.63) is 28.6 Å². The molecule has 0 aliphatic rings. The highest BCUT2D eigenvalue weighted by Crippen LogP contribution is 2.17. The van der Waals surface area contributed by atoms with Gasteiger partial charge in [-0.1, -0.05) is 0 Å². The number of H-pyrrole nitrogens is 1. The van der Waals surface area contributed by atoms with Gasteiger partial charge in [0.25, 0.3) is 5.88 Å². The number of aromatic amines is 1. The molecular weight excluding hydrogens is 196 g/mol. The minimum Gasteiger partial charge on any atom is -0.497 e. The van der Waals surface area contributed by atoms with E-state index in [1.165, 1.54) is 7.11 Å². The molecule has 0 amide bonds. The van der Waals surface area contributed by atoms with E-state index in [4.69, 9.17) is 9.47 Å². The third-order valence-electron chi connectivity index (χ3n) is 2.06. The van der Waals surface area contributed by atoms with Gasteiger partial charge in [0, 0.05) is 6.07 Å². The van der Waals surface area contributed by atoms with Gasteiger partial charge in [-0.05, 0) is 12.1 Å². The van der Waals surface area contributed by atoms with Crippen LogP contribution < -0.4 is 15.0 Å². The van der Waals surface area contributed by atoms with Crippen LogP contribution in [0.15, 0.2) is 23.0 Å². The number of hydrogen-bond acceptors (Lipinski definition) is 4. The van der Waals surface area contributed by atoms with Gasteiger partial charge in [-0.15, -0.1) is 0 Å². The summed E-state index contributed by atoms with van der Waals surface area (Å²) in [5, 5.41) is 0. The lowest BCUT2D eigenvalue weighted by Crippen LogP contribution is -2.11. The second-order valence-electron chi connectivity index (χ2n) is 2.96. The standard InChI is InChI=1S/C10H10N2O3/c1-14-6-3-4-7-8(5-6)11-9(13)10(12-7)15-2/h3-5H,1-2H3,(H,11,13). The van der Waals surface area contributed by atoms with Gasteiger partial charge in [-0.2, -0.15) is 0 Å². The molecule has 0 radical (unpaired) electrons. The van der Waals surface area contributed by atoms with E-state index in [9.17, 15) is 4.79 Å². The topological polar surface area (TPSA) is 64.2 Å². The minimum absolute atomic E-state index is 0.0627. The van der Waals surface area contributed by atoms with Crippen molar-refractivity contribution in [3.8, 4) is 11.6 Å². The SMILES string of the molecule is COc1ccc2nc(OC)c(=O)[nH]c2c1. The van der Waals surface area contributed by atoms with Crippen molar-refractivity contribution in [2.24, 2.45) is 0 Å². The first-order valence-electron chi connectivity index (χ1n) is 4.36. The molecule has 15 heavy (non-hydrogen) atoms. The Hall–Kier alpha value is -2.04. The zero-order valence-electron chi connectivity index (χ0n) is 8.40. The first kappa shape index (κ1) is 9.51. The van der Waals surface area contributed by atoms with Crippen LogP contribution >= 0.6 is 0 Å². The van der Waals surface area contributed by atoms with Crippen molar-refractivity contribution in [3.63, 3.8) is 0 Å². The van der Waals surface area contributed by atoms with Crippen molar-refractivity contribution in [2.45, 2.75) is 0 Å². The van der Waals surface area contributed by atoms with E-state index in [1.807, 2.05) is 0 Å². The van der Waals surface area contributed by atoms with Gasteiger partial charge in [0.1, 0.15) is 5.75 Å². The van der Waals surface area contributed by atoms with Crippen LogP contribution in [-0.2, 0) is 0 Å². The average molecular weight is 206 g/mol. The maximum Gasteiger partial charge on any atom is 0.311 e. The summed E-state index contributed by atoms with van der Waals surface area (Å²) in [5.41, 5.74) is 0.936. The van der Waals surface area contributed by atoms with Crippen LogP contribution in [-0.4, -0.2) is 24.2 Å². The molecule has 0 bridgehead atoms. The van der Waals surface area contributed by atoms with Crippen LogP contribution in [0.5, 0.6) is 11.6 Å². The number of ether oxygens (including phenoxy) is 2. The number of nitrogens with one attached hydrogen (secondary N) is 1. The maximum atomic E-state index is 11.4. The molecule has 1 aromatic heterocycles. The Morgan fingerprint density at radius 2 is 2.07 bits per heavy atom. The first-order chi connectivity index (χ1) is 7.24. The predicted octanol–water partition coefficient (Wildman–Crippen LogP) is 0.940. The van der Waals surface area contributed by atoms with Crippen molar-refractivity contribution in [1.82, 2.24) is 9.97 Å². The molecule has 0 saturated heterocycles. The highest BCUT2D eigenvalue weighted by Gasteiger charge is 2.04. The molecule has 0 spiro atoms. The molecule has 0 unspecified atom stereocenters. The Labute approximate surface area is 85.7 Å². The summed E-state index contributed by atoms with van der Waals surface area (Å²) >= 11 is 0. The summed E-state index contributed by atoms with van der Waals surface area (Å²) in [7, 11) is 2.98. The molecule has 0 aliphatic heterocycles. The summed E-state index contributed by atoms with van der Waals surface area (Å²) in [6.07, 6.45) is 0. The van der Waals surface area contributed by atoms with Crippen LogP contribution in [0.3, 0.4) is 0 Å². The van der Waals surface area contributed by atoms with Crippen LogP contribution in [0.1, 0.15) is 0 Å². The zero-order chi connectivity index (χ0) is 10.8. The first-order valence-corrected chi connectivity index (χ1v) is 4.36. The van der Waals surface area contributed by atoms with Crippen LogP contribution in [0.4, 0.5) is 0 Å². The molecule has 2 rings (SSSR count). The van der Waals surface area contributed by atoms with E-state index in [2.05, 4.69) is 9.97 Å². The second kappa shape index (κ2) is 3.61. The normalized spacial score (nSPS) is 10.3. The van der Waals surface area contributed by atoms with Crippen LogP contribution in [0, 0.1) is 0 Å². The highest BCUT2D eigenvalue weighted by atomic mass is 16.5. The summed E-state index contributed by atoms with van der Waals surface area (Å²) in [5.74, 6) is 0.734. The van der Waals surface area contributed by atoms with Gasteiger partial charge in [-0.25, -0.2) is 4.98 Å². The third kappa shape index (κ3) is 1.63. The van der Waals surface area contributed by atoms with E-state index >= 15 is 0 Å². The summed E-state index contributed by atoms with van der Waals surface area (Å²) in [6.45, 7) is 0. The van der Waals surface area contributed by atoms with Crippen molar-refractivity contribution in [1.29, 1.82) is 0 Å². The Bertz CT molecular complexity index is 548. The van der Waals surface area contributed by atoms with E-state index in [0.717, 1.165) is 0 Å². The molecule has 0 aliphatic carbocycles. The fraction of sp³-hybridized carbons (Fsp3) is 0.200. The summed E-state index contributed by atoms with van der Waals surface area (Å²) in [6, 6.07) is 5.24. The molecule has 2 aromatic rings. The highest BCUT2D eigenvalue weighted by molar-refractivity contribution is 5.76. The molecule has 1 aromatic carbocycles. The summed E-state index contributed by atoms with van der Waals surface area (Å²) in [4.78, 5) is 18.1. The third-order valence-corrected chi connectivity index (χ3v) is 2.06. The van der Waals surface area contributed by atoms with Gasteiger partial charge >= 0.3 is 5.56 Å². The van der Waals surface area contributed by atoms with E-state index in [-0.39, 0.29) is 11.4 Å². The number of methoxy groups -OCH3 is 2. The smallest absolute Gasteiger partial charge is 0.311 e. The summed E-state index contributed by atoms with van der Waals surface area (Å²) < 4.78 is 9.86. The van der Waals surface area contributed by atoms with Gasteiger partial charge in [0.05, 0.1) is 25.3 Å². The lowest BCUT2D eigenvalue weighted by Gasteiger charge is -2.03. The number of nitrogens with zero attached hydrogens (tertiary/aromatic N) is 1. The van der Waals surface area contributed by atoms with Gasteiger partial charge in [-0.3, -0.25) is 4.79 Å². The quantitative estimate of drug-likeness (QED) is 0.794. The number of aromatic nitrogens is 2. The van der Waals surface area contributed by atoms with Crippen molar-refractivity contribution in [2.75, 3.05) is 14.2 Å². The molecule has 5 nitrogen and oxygen atoms in total. The molecule has 0 fully saturated rings. The van der Waals surface area contributed by atoms with Gasteiger partial charge in [0.2, 0.25) is 0 Å². The Balaban J connectivity index is 2.70. The van der Waals surface area contributed by atoms with Gasteiger partial charge in [0.15, 0.2) is 0 Å². The Morgan fingerprint density at radius 1 is 1.27 bits per heavy atom. The number of rotatable bonds is 2. The van der Waals surface area contributed by atoms with E-state index in [1.54, 1.807) is 25.3 Å². The minimum atomic E-state index is -0.349. The second-order valence-corrected chi connectivity index (χ2v) is 2.96. The van der Waals surface area contributed by atoms with E-state index in [0.29, 0.717) is 16.8 Å². The Kier molecular flexibility index (Phi) is 2.29. The number of benzene rings is 1. The largest absolute Gasteiger partial charge is 0.497 e. The fourth-order valence-electron chi connectivity index (χ4n) is 1.31. The molecule has 0 saturated carbocycles. The molecule has 78 valence electrons.